The molecule has 0 saturated heterocycles. The molecule has 1 aliphatic rings. The molecule has 0 aromatic heterocycles. The lowest BCUT2D eigenvalue weighted by Crippen LogP contribution is -2.18. The number of benzene rings is 9. The van der Waals surface area contributed by atoms with Crippen LogP contribution >= 0.6 is 0 Å². The molecule has 0 radical (unpaired) electrons. The summed E-state index contributed by atoms with van der Waals surface area (Å²) in [6.45, 7) is 0. The maximum absolute atomic E-state index is 2.42. The first-order chi connectivity index (χ1) is 26.8. The van der Waals surface area contributed by atoms with Crippen LogP contribution < -0.4 is 9.80 Å². The van der Waals surface area contributed by atoms with Gasteiger partial charge in [0.15, 0.2) is 0 Å². The number of nitrogens with zero attached hydrogens (tertiary/aromatic N) is 2. The Morgan fingerprint density at radius 3 is 1.78 bits per heavy atom. The number of aryl methyl sites for hydroxylation is 1. The molecule has 256 valence electrons. The molecular weight excluding hydrogens is 653 g/mol. The van der Waals surface area contributed by atoms with Crippen LogP contribution in [-0.2, 0) is 6.42 Å². The third-order valence-electron chi connectivity index (χ3n) is 10.8. The number of rotatable bonds is 7. The van der Waals surface area contributed by atoms with Crippen LogP contribution in [0.2, 0.25) is 0 Å². The predicted molar refractivity (Wildman–Crippen MR) is 230 cm³/mol. The summed E-state index contributed by atoms with van der Waals surface area (Å²) in [6.07, 6.45) is 4.51. The first-order valence-corrected chi connectivity index (χ1v) is 18.8. The summed E-state index contributed by atoms with van der Waals surface area (Å²) in [6, 6.07) is 72.9. The van der Waals surface area contributed by atoms with Crippen molar-refractivity contribution in [2.24, 2.45) is 0 Å². The highest BCUT2D eigenvalue weighted by molar-refractivity contribution is 6.01. The fraction of sp³-hybridized carbons (Fsp3) is 0.0385. The third-order valence-corrected chi connectivity index (χ3v) is 10.8. The number of fused-ring (bicyclic) bond motifs is 4. The SMILES string of the molecule is C1=C(N(c2ccccc2)c2ccc3cc(-c4ccc(N(c5ccc6ccccc6c5)c5cccc6ccccc56)cc4)ccc3c2)c2ccccc2CC1. The average molecular weight is 691 g/mol. The lowest BCUT2D eigenvalue weighted by Gasteiger charge is -2.31. The molecule has 9 aromatic rings. The van der Waals surface area contributed by atoms with Crippen LogP contribution in [0.5, 0.6) is 0 Å². The Kier molecular flexibility index (Phi) is 8.00. The van der Waals surface area contributed by atoms with E-state index in [9.17, 15) is 0 Å². The van der Waals surface area contributed by atoms with E-state index in [1.807, 2.05) is 0 Å². The Bertz CT molecular complexity index is 2830. The van der Waals surface area contributed by atoms with Crippen molar-refractivity contribution in [1.82, 2.24) is 0 Å². The van der Waals surface area contributed by atoms with Crippen LogP contribution in [0.3, 0.4) is 0 Å². The molecule has 0 aliphatic heterocycles. The van der Waals surface area contributed by atoms with Crippen LogP contribution in [0, 0.1) is 0 Å². The first-order valence-electron chi connectivity index (χ1n) is 18.8. The van der Waals surface area contributed by atoms with Crippen LogP contribution in [0.1, 0.15) is 17.5 Å². The average Bonchev–Trinajstić information content (AvgIpc) is 3.24. The molecule has 2 nitrogen and oxygen atoms in total. The molecule has 0 heterocycles. The summed E-state index contributed by atoms with van der Waals surface area (Å²) in [5.74, 6) is 0. The monoisotopic (exact) mass is 690 g/mol. The van der Waals surface area contributed by atoms with Gasteiger partial charge in [-0.3, -0.25) is 0 Å². The van der Waals surface area contributed by atoms with Crippen LogP contribution in [-0.4, -0.2) is 0 Å². The normalized spacial score (nSPS) is 12.4. The second-order valence-electron chi connectivity index (χ2n) is 14.1. The molecule has 0 spiro atoms. The number of allylic oxidation sites excluding steroid dienone is 1. The van der Waals surface area contributed by atoms with Gasteiger partial charge in [0.25, 0.3) is 0 Å². The molecule has 0 amide bonds. The summed E-state index contributed by atoms with van der Waals surface area (Å²) >= 11 is 0. The van der Waals surface area contributed by atoms with E-state index in [-0.39, 0.29) is 0 Å². The molecular formula is C52H38N2. The molecule has 0 saturated carbocycles. The molecule has 0 atom stereocenters. The highest BCUT2D eigenvalue weighted by Gasteiger charge is 2.22. The van der Waals surface area contributed by atoms with Gasteiger partial charge in [-0.15, -0.1) is 0 Å². The van der Waals surface area contributed by atoms with Gasteiger partial charge in [0, 0.05) is 39.4 Å². The van der Waals surface area contributed by atoms with Crippen LogP contribution in [0.15, 0.2) is 206 Å². The van der Waals surface area contributed by atoms with Gasteiger partial charge in [0.1, 0.15) is 0 Å². The minimum absolute atomic E-state index is 1.04. The molecule has 0 N–H and O–H groups in total. The van der Waals surface area contributed by atoms with Gasteiger partial charge in [0.2, 0.25) is 0 Å². The molecule has 2 heteroatoms. The van der Waals surface area contributed by atoms with Crippen molar-refractivity contribution in [3.05, 3.63) is 217 Å². The molecule has 0 bridgehead atoms. The van der Waals surface area contributed by atoms with Crippen molar-refractivity contribution in [3.8, 4) is 11.1 Å². The standard InChI is InChI=1S/C52H38N2/c1-2-18-45(19-3-1)53(51-22-10-16-39-13-6-8-20-49(39)51)48-33-29-43-34-42(24-25-44(43)36-48)38-26-30-46(31-27-38)54(47-32-28-37-12-4-5-15-41(37)35-47)52-23-11-17-40-14-7-9-21-50(40)52/h1-9,11-15,17-36H,10,16H2. The van der Waals surface area contributed by atoms with Gasteiger partial charge in [-0.2, -0.15) is 0 Å². The molecule has 1 aliphatic carbocycles. The first kappa shape index (κ1) is 31.8. The largest absolute Gasteiger partial charge is 0.310 e. The molecule has 54 heavy (non-hydrogen) atoms. The molecule has 0 fully saturated rings. The van der Waals surface area contributed by atoms with Gasteiger partial charge in [-0.05, 0) is 117 Å². The van der Waals surface area contributed by atoms with Crippen molar-refractivity contribution in [2.45, 2.75) is 12.8 Å². The van der Waals surface area contributed by atoms with E-state index < -0.39 is 0 Å². The van der Waals surface area contributed by atoms with E-state index in [1.165, 1.54) is 60.3 Å². The zero-order valence-electron chi connectivity index (χ0n) is 29.9. The highest BCUT2D eigenvalue weighted by atomic mass is 15.2. The minimum Gasteiger partial charge on any atom is -0.310 e. The second kappa shape index (κ2) is 13.6. The molecule has 9 aromatic carbocycles. The van der Waals surface area contributed by atoms with Crippen molar-refractivity contribution in [2.75, 3.05) is 9.80 Å². The van der Waals surface area contributed by atoms with Crippen molar-refractivity contribution < 1.29 is 0 Å². The number of hydrogen-bond acceptors (Lipinski definition) is 2. The van der Waals surface area contributed by atoms with E-state index in [0.29, 0.717) is 0 Å². The minimum atomic E-state index is 1.04. The topological polar surface area (TPSA) is 6.48 Å². The second-order valence-corrected chi connectivity index (χ2v) is 14.1. The van der Waals surface area contributed by atoms with Gasteiger partial charge in [-0.1, -0.05) is 146 Å². The number of para-hydroxylation sites is 1. The van der Waals surface area contributed by atoms with Gasteiger partial charge in [0.05, 0.1) is 5.69 Å². The van der Waals surface area contributed by atoms with Crippen molar-refractivity contribution in [1.29, 1.82) is 0 Å². The quantitative estimate of drug-likeness (QED) is 0.164. The molecule has 10 rings (SSSR count). The number of anilines is 5. The third kappa shape index (κ3) is 5.79. The summed E-state index contributed by atoms with van der Waals surface area (Å²) in [5.41, 5.74) is 12.1. The van der Waals surface area contributed by atoms with Crippen LogP contribution in [0.25, 0.3) is 49.1 Å². The van der Waals surface area contributed by atoms with E-state index in [4.69, 9.17) is 0 Å². The maximum Gasteiger partial charge on any atom is 0.0540 e. The van der Waals surface area contributed by atoms with Crippen LogP contribution in [0.4, 0.5) is 28.4 Å². The van der Waals surface area contributed by atoms with E-state index in [1.54, 1.807) is 0 Å². The van der Waals surface area contributed by atoms with Gasteiger partial charge < -0.3 is 9.80 Å². The summed E-state index contributed by atoms with van der Waals surface area (Å²) in [7, 11) is 0. The Balaban J connectivity index is 1.01. The lowest BCUT2D eigenvalue weighted by molar-refractivity contribution is 0.968. The predicted octanol–water partition coefficient (Wildman–Crippen LogP) is 14.4. The Morgan fingerprint density at radius 1 is 0.352 bits per heavy atom. The summed E-state index contributed by atoms with van der Waals surface area (Å²) in [4.78, 5) is 4.81. The molecule has 0 unspecified atom stereocenters. The van der Waals surface area contributed by atoms with E-state index in [0.717, 1.165) is 41.3 Å². The summed E-state index contributed by atoms with van der Waals surface area (Å²) in [5, 5.41) is 7.35. The maximum atomic E-state index is 2.42. The lowest BCUT2D eigenvalue weighted by atomic mass is 9.93. The van der Waals surface area contributed by atoms with Crippen molar-refractivity contribution >= 4 is 66.5 Å². The highest BCUT2D eigenvalue weighted by Crippen LogP contribution is 2.42. The van der Waals surface area contributed by atoms with Gasteiger partial charge in [-0.25, -0.2) is 0 Å². The smallest absolute Gasteiger partial charge is 0.0540 e. The van der Waals surface area contributed by atoms with E-state index >= 15 is 0 Å². The zero-order valence-corrected chi connectivity index (χ0v) is 29.9. The summed E-state index contributed by atoms with van der Waals surface area (Å²) < 4.78 is 0. The van der Waals surface area contributed by atoms with E-state index in [2.05, 4.69) is 216 Å². The Labute approximate surface area is 316 Å². The Hall–Kier alpha value is -6.90. The fourth-order valence-electron chi connectivity index (χ4n) is 8.18. The zero-order chi connectivity index (χ0) is 35.8. The Morgan fingerprint density at radius 2 is 0.926 bits per heavy atom. The van der Waals surface area contributed by atoms with Crippen molar-refractivity contribution in [3.63, 3.8) is 0 Å². The fourth-order valence-corrected chi connectivity index (χ4v) is 8.18. The van der Waals surface area contributed by atoms with Gasteiger partial charge >= 0.3 is 0 Å². The number of hydrogen-bond donors (Lipinski definition) is 0.